The van der Waals surface area contributed by atoms with Crippen LogP contribution < -0.4 is 21.3 Å². The number of nitrogens with one attached hydrogen (secondary N) is 5. The van der Waals surface area contributed by atoms with Crippen LogP contribution >= 0.6 is 0 Å². The molecule has 2 aromatic rings. The number of aromatic amines is 1. The molecule has 14 nitrogen and oxygen atoms in total. The number of H-pyrrole nitrogens is 1. The fourth-order valence-corrected chi connectivity index (χ4v) is 7.38. The van der Waals surface area contributed by atoms with Gasteiger partial charge < -0.3 is 35.9 Å². The second-order valence-corrected chi connectivity index (χ2v) is 15.8. The van der Waals surface area contributed by atoms with Crippen LogP contribution in [0, 0.1) is 12.8 Å². The first-order valence-electron chi connectivity index (χ1n) is 18.8. The topological polar surface area (TPSA) is 185 Å². The van der Waals surface area contributed by atoms with Crippen LogP contribution in [0.3, 0.4) is 0 Å². The van der Waals surface area contributed by atoms with Crippen molar-refractivity contribution in [3.8, 4) is 0 Å². The summed E-state index contributed by atoms with van der Waals surface area (Å²) in [6, 6.07) is 4.36. The Morgan fingerprint density at radius 2 is 1.70 bits per heavy atom. The highest BCUT2D eigenvalue weighted by atomic mass is 16.2. The average molecular weight is 735 g/mol. The zero-order valence-electron chi connectivity index (χ0n) is 32.5. The second-order valence-electron chi connectivity index (χ2n) is 15.8. The van der Waals surface area contributed by atoms with Gasteiger partial charge in [0.1, 0.15) is 17.9 Å². The monoisotopic (exact) mass is 734 g/mol. The lowest BCUT2D eigenvalue weighted by Gasteiger charge is -2.34. The molecule has 5 N–H and O–H groups in total. The summed E-state index contributed by atoms with van der Waals surface area (Å²) in [7, 11) is 0. The molecule has 5 amide bonds. The largest absolute Gasteiger partial charge is 0.352 e. The summed E-state index contributed by atoms with van der Waals surface area (Å²) in [6.45, 7) is 14.7. The van der Waals surface area contributed by atoms with Crippen molar-refractivity contribution in [2.45, 2.75) is 136 Å². The highest BCUT2D eigenvalue weighted by molar-refractivity contribution is 5.94. The summed E-state index contributed by atoms with van der Waals surface area (Å²) in [6.07, 6.45) is 5.95. The summed E-state index contributed by atoms with van der Waals surface area (Å²) < 4.78 is 0. The first-order chi connectivity index (χ1) is 25.0. The molecule has 2 fully saturated rings. The molecule has 0 spiro atoms. The summed E-state index contributed by atoms with van der Waals surface area (Å²) in [4.78, 5) is 90.6. The van der Waals surface area contributed by atoms with Crippen molar-refractivity contribution in [2.75, 3.05) is 13.1 Å². The Balaban J connectivity index is 1.46. The van der Waals surface area contributed by atoms with Crippen LogP contribution in [0.25, 0.3) is 0 Å². The van der Waals surface area contributed by atoms with E-state index in [0.29, 0.717) is 38.6 Å². The van der Waals surface area contributed by atoms with Gasteiger partial charge in [-0.25, -0.2) is 4.98 Å². The Labute approximate surface area is 313 Å². The molecule has 0 bridgehead atoms. The molecule has 7 atom stereocenters. The molecular formula is C39H58N8O6. The van der Waals surface area contributed by atoms with E-state index < -0.39 is 35.6 Å². The minimum atomic E-state index is -0.910. The van der Waals surface area contributed by atoms with Crippen molar-refractivity contribution in [1.29, 1.82) is 0 Å². The average Bonchev–Trinajstić information content (AvgIpc) is 3.35. The van der Waals surface area contributed by atoms with E-state index in [2.05, 4.69) is 31.2 Å². The van der Waals surface area contributed by atoms with Gasteiger partial charge in [-0.3, -0.25) is 28.9 Å². The van der Waals surface area contributed by atoms with E-state index in [1.54, 1.807) is 24.3 Å². The predicted molar refractivity (Wildman–Crippen MR) is 200 cm³/mol. The molecule has 0 saturated carbocycles. The number of nitrogens with zero attached hydrogens (tertiary/aromatic N) is 3. The number of hydrogen-bond acceptors (Lipinski definition) is 8. The number of likely N-dealkylation sites (tertiary alicyclic amines) is 1. The Morgan fingerprint density at radius 1 is 1.00 bits per heavy atom. The highest BCUT2D eigenvalue weighted by Gasteiger charge is 2.59. The summed E-state index contributed by atoms with van der Waals surface area (Å²) in [5, 5.41) is 11.6. The molecule has 0 aliphatic carbocycles. The number of rotatable bonds is 17. The number of benzene rings is 1. The molecule has 14 heteroatoms. The van der Waals surface area contributed by atoms with E-state index in [1.165, 1.54) is 6.92 Å². The third kappa shape index (κ3) is 11.4. The number of carbonyl (C=O) groups excluding carboxylic acids is 6. The normalized spacial score (nSPS) is 20.8. The van der Waals surface area contributed by atoms with Crippen LogP contribution in [0.2, 0.25) is 0 Å². The molecule has 2 aliphatic heterocycles. The zero-order chi connectivity index (χ0) is 39.0. The fourth-order valence-electron chi connectivity index (χ4n) is 7.38. The van der Waals surface area contributed by atoms with Crippen molar-refractivity contribution in [1.82, 2.24) is 41.0 Å². The molecule has 3 heterocycles. The SMILES string of the molecule is CC[C@@H]1[C@@H]([C@H](C(=O)NC(C)(C)C)N2CCC[C@H]2C(=O)NCC(=O)N[C@H](C)Cc2cnc[nH]2)N1C(=O)[C@H](C)NC(=O)[C@@H](CC(C)=O)Cc1ccc(C)cc1. The minimum Gasteiger partial charge on any atom is -0.352 e. The molecule has 2 aliphatic rings. The number of ketones is 1. The van der Waals surface area contributed by atoms with Crippen LogP contribution in [-0.4, -0.2) is 110 Å². The van der Waals surface area contributed by atoms with E-state index in [0.717, 1.165) is 16.8 Å². The van der Waals surface area contributed by atoms with E-state index in [4.69, 9.17) is 0 Å². The highest BCUT2D eigenvalue weighted by Crippen LogP contribution is 2.39. The van der Waals surface area contributed by atoms with Crippen molar-refractivity contribution in [3.05, 3.63) is 53.6 Å². The van der Waals surface area contributed by atoms with Crippen LogP contribution in [0.4, 0.5) is 0 Å². The lowest BCUT2D eigenvalue weighted by atomic mass is 9.93. The van der Waals surface area contributed by atoms with Crippen LogP contribution in [0.5, 0.6) is 0 Å². The molecule has 53 heavy (non-hydrogen) atoms. The van der Waals surface area contributed by atoms with Gasteiger partial charge >= 0.3 is 0 Å². The lowest BCUT2D eigenvalue weighted by Crippen LogP contribution is -2.59. The number of aryl methyl sites for hydroxylation is 1. The summed E-state index contributed by atoms with van der Waals surface area (Å²) >= 11 is 0. The number of Topliss-reactive ketones (excluding diaryl/α,β-unsaturated/α-hetero) is 1. The van der Waals surface area contributed by atoms with Gasteiger partial charge in [0.15, 0.2) is 0 Å². The van der Waals surface area contributed by atoms with E-state index in [1.807, 2.05) is 70.7 Å². The van der Waals surface area contributed by atoms with Crippen LogP contribution in [0.1, 0.15) is 91.0 Å². The first-order valence-corrected chi connectivity index (χ1v) is 18.8. The fraction of sp³-hybridized carbons (Fsp3) is 0.615. The van der Waals surface area contributed by atoms with Gasteiger partial charge in [0.2, 0.25) is 29.5 Å². The third-order valence-electron chi connectivity index (χ3n) is 9.85. The molecule has 2 saturated heterocycles. The quantitative estimate of drug-likeness (QED) is 0.153. The lowest BCUT2D eigenvalue weighted by molar-refractivity contribution is -0.136. The maximum absolute atomic E-state index is 14.1. The Kier molecular flexibility index (Phi) is 13.9. The van der Waals surface area contributed by atoms with E-state index >= 15 is 0 Å². The predicted octanol–water partition coefficient (Wildman–Crippen LogP) is 1.96. The van der Waals surface area contributed by atoms with Gasteiger partial charge in [-0.15, -0.1) is 0 Å². The molecular weight excluding hydrogens is 676 g/mol. The minimum absolute atomic E-state index is 0.0455. The summed E-state index contributed by atoms with van der Waals surface area (Å²) in [5.74, 6) is -2.46. The Hall–Kier alpha value is -4.59. The Bertz CT molecular complexity index is 1600. The molecule has 0 radical (unpaired) electrons. The van der Waals surface area contributed by atoms with Gasteiger partial charge in [0.25, 0.3) is 0 Å². The van der Waals surface area contributed by atoms with Gasteiger partial charge in [-0.2, -0.15) is 0 Å². The molecule has 4 rings (SSSR count). The van der Waals surface area contributed by atoms with Crippen molar-refractivity contribution in [3.63, 3.8) is 0 Å². The van der Waals surface area contributed by atoms with Crippen LogP contribution in [-0.2, 0) is 41.6 Å². The number of hydrogen-bond donors (Lipinski definition) is 5. The van der Waals surface area contributed by atoms with E-state index in [9.17, 15) is 28.8 Å². The molecule has 1 aromatic carbocycles. The standard InChI is InChI=1S/C39H58N8O6/c1-9-30-33(47(30)38(53)26(5)44-35(50)28(18-25(4)48)19-27-14-12-23(2)13-15-27)34(37(52)45-39(6,7)8)46-16-10-11-31(46)36(51)41-21-32(49)43-24(3)17-29-20-40-22-42-29/h12-15,20,22,24,26,28,30-31,33-34H,9-11,16-19,21H2,1-8H3,(H,40,42)(H,41,51)(H,43,49)(H,44,50)(H,45,52)/t24-,26+,28+,30-,31+,33+,34-,47?/m1/s1. The third-order valence-corrected chi connectivity index (χ3v) is 9.85. The number of imidazole rings is 1. The molecule has 290 valence electrons. The van der Waals surface area contributed by atoms with Gasteiger partial charge in [0.05, 0.1) is 31.0 Å². The second kappa shape index (κ2) is 18.0. The van der Waals surface area contributed by atoms with Crippen LogP contribution in [0.15, 0.2) is 36.8 Å². The summed E-state index contributed by atoms with van der Waals surface area (Å²) in [5.41, 5.74) is 2.32. The maximum atomic E-state index is 14.1. The first kappa shape index (κ1) is 41.2. The Morgan fingerprint density at radius 3 is 2.30 bits per heavy atom. The smallest absolute Gasteiger partial charge is 0.245 e. The zero-order valence-corrected chi connectivity index (χ0v) is 32.5. The number of aromatic nitrogens is 2. The van der Waals surface area contributed by atoms with Crippen molar-refractivity contribution >= 4 is 35.3 Å². The molecule has 1 aromatic heterocycles. The van der Waals surface area contributed by atoms with Crippen molar-refractivity contribution < 1.29 is 28.8 Å². The van der Waals surface area contributed by atoms with E-state index in [-0.39, 0.29) is 60.4 Å². The van der Waals surface area contributed by atoms with Gasteiger partial charge in [-0.1, -0.05) is 36.8 Å². The maximum Gasteiger partial charge on any atom is 0.245 e. The van der Waals surface area contributed by atoms with Gasteiger partial charge in [-0.05, 0) is 86.3 Å². The number of amides is 5. The van der Waals surface area contributed by atoms with Crippen molar-refractivity contribution in [2.24, 2.45) is 5.92 Å². The van der Waals surface area contributed by atoms with Gasteiger partial charge in [0, 0.05) is 42.2 Å². The molecule has 0 unspecified atom stereocenters. The number of carbonyl (C=O) groups is 6.